The van der Waals surface area contributed by atoms with Crippen LogP contribution in [0, 0.1) is 32.0 Å². The second kappa shape index (κ2) is 12.8. The Bertz CT molecular complexity index is 807. The van der Waals surface area contributed by atoms with Crippen LogP contribution in [0.15, 0.2) is 36.4 Å². The molecular weight excluding hydrogens is 404 g/mol. The summed E-state index contributed by atoms with van der Waals surface area (Å²) in [7, 11) is 0. The van der Waals surface area contributed by atoms with E-state index in [9.17, 15) is 14.0 Å². The Kier molecular flexibility index (Phi) is 11.6. The first-order valence-corrected chi connectivity index (χ1v) is 9.17. The summed E-state index contributed by atoms with van der Waals surface area (Å²) < 4.78 is 13.2. The number of carbonyl (C=O) groups excluding carboxylic acids is 2. The number of carbonyl (C=O) groups is 1. The van der Waals surface area contributed by atoms with Crippen molar-refractivity contribution in [3.63, 3.8) is 0 Å². The SMILES string of the molecule is O=C(Nc1ccc(Cl)c(F)c1)C1CC[CH-]CC1.[CH2-]c1c(C)cccc1[C-]=O.[K+]. The number of anilines is 1. The molecule has 6 heteroatoms. The van der Waals surface area contributed by atoms with Gasteiger partial charge in [0.2, 0.25) is 5.91 Å². The van der Waals surface area contributed by atoms with Gasteiger partial charge in [0.1, 0.15) is 5.82 Å². The van der Waals surface area contributed by atoms with Gasteiger partial charge in [0.25, 0.3) is 0 Å². The second-order valence-corrected chi connectivity index (χ2v) is 6.87. The second-order valence-electron chi connectivity index (χ2n) is 6.46. The molecule has 1 amide bonds. The van der Waals surface area contributed by atoms with Gasteiger partial charge in [-0.3, -0.25) is 22.8 Å². The average Bonchev–Trinajstić information content (AvgIpc) is 2.68. The van der Waals surface area contributed by atoms with E-state index in [-0.39, 0.29) is 68.2 Å². The minimum absolute atomic E-state index is 0. The molecule has 0 heterocycles. The van der Waals surface area contributed by atoms with Crippen molar-refractivity contribution in [1.29, 1.82) is 0 Å². The van der Waals surface area contributed by atoms with Crippen molar-refractivity contribution in [1.82, 2.24) is 0 Å². The van der Waals surface area contributed by atoms with E-state index < -0.39 is 5.82 Å². The number of hydrogen-bond donors (Lipinski definition) is 1. The fourth-order valence-electron chi connectivity index (χ4n) is 2.81. The number of hydrogen-bond acceptors (Lipinski definition) is 2. The van der Waals surface area contributed by atoms with Gasteiger partial charge in [-0.25, -0.2) is 16.0 Å². The van der Waals surface area contributed by atoms with Crippen LogP contribution in [0.1, 0.15) is 42.4 Å². The van der Waals surface area contributed by atoms with E-state index in [1.54, 1.807) is 12.1 Å². The Labute approximate surface area is 213 Å². The first-order chi connectivity index (χ1) is 12.9. The molecule has 1 aliphatic rings. The van der Waals surface area contributed by atoms with Crippen LogP contribution in [0.2, 0.25) is 5.02 Å². The number of aryl methyl sites for hydroxylation is 1. The van der Waals surface area contributed by atoms with Crippen LogP contribution in [0.5, 0.6) is 0 Å². The molecule has 0 aliphatic heterocycles. The zero-order chi connectivity index (χ0) is 19.8. The van der Waals surface area contributed by atoms with E-state index in [0.29, 0.717) is 11.3 Å². The first kappa shape index (κ1) is 25.3. The summed E-state index contributed by atoms with van der Waals surface area (Å²) in [5, 5.41) is 2.79. The van der Waals surface area contributed by atoms with Crippen molar-refractivity contribution in [3.05, 3.63) is 77.3 Å². The van der Waals surface area contributed by atoms with Crippen molar-refractivity contribution in [3.8, 4) is 0 Å². The Morgan fingerprint density at radius 2 is 1.96 bits per heavy atom. The van der Waals surface area contributed by atoms with Crippen LogP contribution >= 0.6 is 11.6 Å². The Morgan fingerprint density at radius 1 is 1.29 bits per heavy atom. The zero-order valence-electron chi connectivity index (χ0n) is 16.2. The van der Waals surface area contributed by atoms with Gasteiger partial charge in [0, 0.05) is 11.6 Å². The fraction of sp³-hybridized carbons (Fsp3) is 0.273. The molecule has 3 nitrogen and oxygen atoms in total. The molecule has 0 unspecified atom stereocenters. The van der Waals surface area contributed by atoms with Crippen LogP contribution in [0.25, 0.3) is 0 Å². The summed E-state index contributed by atoms with van der Waals surface area (Å²) in [5.74, 6) is -0.500. The topological polar surface area (TPSA) is 46.2 Å². The quantitative estimate of drug-likeness (QED) is 0.606. The van der Waals surface area contributed by atoms with Gasteiger partial charge in [-0.05, 0) is 24.5 Å². The molecular formula is C22H22ClFKNO2-2. The predicted octanol–water partition coefficient (Wildman–Crippen LogP) is 2.45. The largest absolute Gasteiger partial charge is 1.00 e. The van der Waals surface area contributed by atoms with Gasteiger partial charge in [0.05, 0.1) is 5.02 Å². The molecule has 1 saturated carbocycles. The molecule has 0 aromatic heterocycles. The number of amides is 1. The third-order valence-electron chi connectivity index (χ3n) is 4.52. The van der Waals surface area contributed by atoms with Gasteiger partial charge in [-0.15, -0.1) is 12.1 Å². The van der Waals surface area contributed by atoms with Crippen LogP contribution in [0.3, 0.4) is 0 Å². The number of rotatable bonds is 3. The molecule has 0 saturated heterocycles. The van der Waals surface area contributed by atoms with Crippen LogP contribution in [0.4, 0.5) is 10.1 Å². The molecule has 1 N–H and O–H groups in total. The van der Waals surface area contributed by atoms with E-state index in [1.165, 1.54) is 12.1 Å². The van der Waals surface area contributed by atoms with Crippen molar-refractivity contribution in [2.24, 2.45) is 5.92 Å². The van der Waals surface area contributed by atoms with E-state index in [2.05, 4.69) is 18.7 Å². The van der Waals surface area contributed by atoms with Crippen molar-refractivity contribution >= 4 is 29.5 Å². The summed E-state index contributed by atoms with van der Waals surface area (Å²) in [5.41, 5.74) is 2.82. The standard InChI is InChI=1S/C13H14ClFNO.C9H8O.K/c14-11-7-6-10(8-12(11)15)16-13(17)9-4-2-1-3-5-9;1-7-4-3-5-9(6-10)8(7)2;/h1,6-9H,2-5H2,(H,16,17);3-5H,2H2,1H3;/q-1;-2;+1. The fourth-order valence-corrected chi connectivity index (χ4v) is 2.92. The summed E-state index contributed by atoms with van der Waals surface area (Å²) in [6, 6.07) is 9.75. The zero-order valence-corrected chi connectivity index (χ0v) is 20.1. The molecule has 0 bridgehead atoms. The number of halogens is 2. The number of benzene rings is 2. The van der Waals surface area contributed by atoms with Crippen molar-refractivity contribution in [2.45, 2.75) is 32.6 Å². The van der Waals surface area contributed by atoms with E-state index in [4.69, 9.17) is 11.6 Å². The maximum atomic E-state index is 13.2. The minimum atomic E-state index is -0.513. The summed E-state index contributed by atoms with van der Waals surface area (Å²) in [4.78, 5) is 22.1. The third-order valence-corrected chi connectivity index (χ3v) is 4.82. The predicted molar refractivity (Wildman–Crippen MR) is 107 cm³/mol. The van der Waals surface area contributed by atoms with Gasteiger partial charge in [-0.2, -0.15) is 12.8 Å². The van der Waals surface area contributed by atoms with Crippen LogP contribution < -0.4 is 56.7 Å². The number of nitrogens with one attached hydrogen (secondary N) is 1. The molecule has 28 heavy (non-hydrogen) atoms. The molecule has 3 rings (SSSR count). The first-order valence-electron chi connectivity index (χ1n) is 8.79. The van der Waals surface area contributed by atoms with Gasteiger partial charge < -0.3 is 16.5 Å². The monoisotopic (exact) mass is 425 g/mol. The molecule has 144 valence electrons. The molecule has 0 atom stereocenters. The summed E-state index contributed by atoms with van der Waals surface area (Å²) >= 11 is 5.57. The smallest absolute Gasteiger partial charge is 0.391 e. The van der Waals surface area contributed by atoms with Crippen molar-refractivity contribution in [2.75, 3.05) is 5.32 Å². The molecule has 2 aromatic rings. The van der Waals surface area contributed by atoms with Gasteiger partial charge in [-0.1, -0.05) is 31.4 Å². The maximum Gasteiger partial charge on any atom is 1.00 e. The van der Waals surface area contributed by atoms with E-state index >= 15 is 0 Å². The molecule has 1 fully saturated rings. The molecule has 0 spiro atoms. The molecule has 1 aliphatic carbocycles. The Morgan fingerprint density at radius 3 is 2.54 bits per heavy atom. The Hall–Kier alpha value is -0.694. The average molecular weight is 426 g/mol. The van der Waals surface area contributed by atoms with E-state index in [0.717, 1.165) is 36.8 Å². The van der Waals surface area contributed by atoms with Crippen LogP contribution in [-0.2, 0) is 9.59 Å². The van der Waals surface area contributed by atoms with Gasteiger partial charge >= 0.3 is 51.4 Å². The molecule has 0 radical (unpaired) electrons. The maximum absolute atomic E-state index is 13.2. The van der Waals surface area contributed by atoms with E-state index in [1.807, 2.05) is 25.3 Å². The van der Waals surface area contributed by atoms with Gasteiger partial charge in [0.15, 0.2) is 0 Å². The minimum Gasteiger partial charge on any atom is -0.391 e. The third kappa shape index (κ3) is 7.62. The normalized spacial score (nSPS) is 13.5. The molecule has 2 aromatic carbocycles. The summed E-state index contributed by atoms with van der Waals surface area (Å²) in [6.45, 7) is 5.65. The van der Waals surface area contributed by atoms with Crippen LogP contribution in [-0.4, -0.2) is 12.2 Å². The Balaban J connectivity index is 0.000000307. The summed E-state index contributed by atoms with van der Waals surface area (Å²) in [6.07, 6.45) is 7.74. The van der Waals surface area contributed by atoms with Crippen molar-refractivity contribution < 1.29 is 65.4 Å².